The predicted molar refractivity (Wildman–Crippen MR) is 118 cm³/mol. The smallest absolute Gasteiger partial charge is 0.289 e. The van der Waals surface area contributed by atoms with E-state index in [1.54, 1.807) is 24.3 Å². The monoisotopic (exact) mass is 433 g/mol. The highest BCUT2D eigenvalue weighted by molar-refractivity contribution is 6.32. The number of carbonyl (C=O) groups is 1. The molecule has 0 radical (unpaired) electrons. The molecule has 0 heterocycles. The van der Waals surface area contributed by atoms with Crippen molar-refractivity contribution in [2.24, 2.45) is 0 Å². The third kappa shape index (κ3) is 5.92. The van der Waals surface area contributed by atoms with Gasteiger partial charge >= 0.3 is 0 Å². The Morgan fingerprint density at radius 2 is 1.90 bits per heavy atom. The van der Waals surface area contributed by atoms with Crippen molar-refractivity contribution < 1.29 is 14.5 Å². The van der Waals surface area contributed by atoms with Crippen molar-refractivity contribution in [1.29, 1.82) is 5.26 Å². The number of anilines is 1. The maximum absolute atomic E-state index is 12.5. The first-order valence-electron chi connectivity index (χ1n) is 9.10. The number of benzene rings is 3. The van der Waals surface area contributed by atoms with Crippen LogP contribution in [0.3, 0.4) is 0 Å². The first kappa shape index (κ1) is 21.6. The summed E-state index contributed by atoms with van der Waals surface area (Å²) in [5.74, 6) is -0.113. The van der Waals surface area contributed by atoms with Crippen molar-refractivity contribution in [1.82, 2.24) is 0 Å². The lowest BCUT2D eigenvalue weighted by Crippen LogP contribution is -2.13. The van der Waals surface area contributed by atoms with Gasteiger partial charge in [-0.05, 0) is 41.5 Å². The van der Waals surface area contributed by atoms with Gasteiger partial charge in [-0.15, -0.1) is 0 Å². The molecule has 0 bridgehead atoms. The van der Waals surface area contributed by atoms with Crippen LogP contribution in [0.2, 0.25) is 5.02 Å². The summed E-state index contributed by atoms with van der Waals surface area (Å²) in [5.41, 5.74) is 1.25. The molecule has 0 saturated carbocycles. The zero-order valence-corrected chi connectivity index (χ0v) is 16.9. The molecule has 1 N–H and O–H groups in total. The maximum Gasteiger partial charge on any atom is 0.289 e. The molecule has 3 rings (SSSR count). The summed E-state index contributed by atoms with van der Waals surface area (Å²) in [6.07, 6.45) is 1.41. The van der Waals surface area contributed by atoms with E-state index in [1.165, 1.54) is 18.2 Å². The van der Waals surface area contributed by atoms with Crippen LogP contribution in [-0.2, 0) is 11.4 Å². The minimum Gasteiger partial charge on any atom is -0.489 e. The van der Waals surface area contributed by atoms with Crippen molar-refractivity contribution in [2.45, 2.75) is 6.61 Å². The fourth-order valence-electron chi connectivity index (χ4n) is 2.68. The summed E-state index contributed by atoms with van der Waals surface area (Å²) in [7, 11) is 0. The fraction of sp³-hybridized carbons (Fsp3) is 0.0435. The summed E-state index contributed by atoms with van der Waals surface area (Å²) < 4.78 is 5.76. The van der Waals surface area contributed by atoms with E-state index in [2.05, 4.69) is 5.32 Å². The van der Waals surface area contributed by atoms with Crippen LogP contribution in [0, 0.1) is 21.4 Å². The normalized spacial score (nSPS) is 10.8. The quantitative estimate of drug-likeness (QED) is 0.233. The molecular formula is C23H16ClN3O4. The molecule has 8 heteroatoms. The topological polar surface area (TPSA) is 105 Å². The van der Waals surface area contributed by atoms with Gasteiger partial charge in [-0.3, -0.25) is 14.9 Å². The Hall–Kier alpha value is -4.15. The Labute approximate surface area is 183 Å². The largest absolute Gasteiger partial charge is 0.489 e. The van der Waals surface area contributed by atoms with Crippen molar-refractivity contribution >= 4 is 35.0 Å². The van der Waals surface area contributed by atoms with Gasteiger partial charge in [0.05, 0.1) is 4.92 Å². The molecule has 31 heavy (non-hydrogen) atoms. The van der Waals surface area contributed by atoms with E-state index in [4.69, 9.17) is 16.3 Å². The van der Waals surface area contributed by atoms with Crippen molar-refractivity contribution in [3.8, 4) is 11.8 Å². The van der Waals surface area contributed by atoms with Crippen LogP contribution in [0.25, 0.3) is 6.08 Å². The highest BCUT2D eigenvalue weighted by Gasteiger charge is 2.15. The number of nitrogens with zero attached hydrogens (tertiary/aromatic N) is 2. The molecule has 0 atom stereocenters. The lowest BCUT2D eigenvalue weighted by atomic mass is 10.1. The number of ether oxygens (including phenoxy) is 1. The summed E-state index contributed by atoms with van der Waals surface area (Å²) in [5, 5.41) is 22.8. The van der Waals surface area contributed by atoms with Gasteiger partial charge in [-0.25, -0.2) is 0 Å². The SMILES string of the molecule is N#C/C(=C\c1cccc(OCc2ccccc2)c1)C(=O)Nc1ccc(Cl)c([N+](=O)[O-])c1. The molecule has 0 aliphatic rings. The lowest BCUT2D eigenvalue weighted by molar-refractivity contribution is -0.384. The number of nitro benzene ring substituents is 1. The second-order valence-corrected chi connectivity index (χ2v) is 6.80. The van der Waals surface area contributed by atoms with E-state index in [9.17, 15) is 20.2 Å². The number of halogens is 1. The van der Waals surface area contributed by atoms with E-state index in [1.807, 2.05) is 36.4 Å². The number of hydrogen-bond donors (Lipinski definition) is 1. The first-order chi connectivity index (χ1) is 15.0. The number of rotatable bonds is 7. The van der Waals surface area contributed by atoms with Gasteiger partial charge < -0.3 is 10.1 Å². The summed E-state index contributed by atoms with van der Waals surface area (Å²) in [6.45, 7) is 0.384. The lowest BCUT2D eigenvalue weighted by Gasteiger charge is -2.08. The minimum absolute atomic E-state index is 0.0497. The number of amides is 1. The zero-order chi connectivity index (χ0) is 22.2. The van der Waals surface area contributed by atoms with Crippen LogP contribution < -0.4 is 10.1 Å². The molecule has 0 saturated heterocycles. The standard InChI is InChI=1S/C23H16ClN3O4/c24-21-10-9-19(13-22(21)27(29)30)26-23(28)18(14-25)11-17-7-4-8-20(12-17)31-15-16-5-2-1-3-6-16/h1-13H,15H2,(H,26,28)/b18-11+. The highest BCUT2D eigenvalue weighted by Crippen LogP contribution is 2.27. The highest BCUT2D eigenvalue weighted by atomic mass is 35.5. The average molecular weight is 434 g/mol. The second-order valence-electron chi connectivity index (χ2n) is 6.39. The van der Waals surface area contributed by atoms with Gasteiger partial charge in [0.25, 0.3) is 11.6 Å². The van der Waals surface area contributed by atoms with E-state index < -0.39 is 10.8 Å². The third-order valence-electron chi connectivity index (χ3n) is 4.18. The molecule has 3 aromatic rings. The molecule has 0 aliphatic carbocycles. The molecule has 0 fully saturated rings. The Morgan fingerprint density at radius 1 is 1.13 bits per heavy atom. The van der Waals surface area contributed by atoms with E-state index in [0.717, 1.165) is 11.6 Å². The van der Waals surface area contributed by atoms with Gasteiger partial charge in [0.1, 0.15) is 29.0 Å². The zero-order valence-electron chi connectivity index (χ0n) is 16.1. The molecule has 0 unspecified atom stereocenters. The van der Waals surface area contributed by atoms with Gasteiger partial charge in [-0.1, -0.05) is 54.1 Å². The average Bonchev–Trinajstić information content (AvgIpc) is 2.78. The number of nitriles is 1. The van der Waals surface area contributed by atoms with Crippen LogP contribution in [0.1, 0.15) is 11.1 Å². The van der Waals surface area contributed by atoms with Gasteiger partial charge in [-0.2, -0.15) is 5.26 Å². The van der Waals surface area contributed by atoms with Crippen LogP contribution in [-0.4, -0.2) is 10.8 Å². The Kier molecular flexibility index (Phi) is 6.99. The van der Waals surface area contributed by atoms with Crippen molar-refractivity contribution in [3.05, 3.63) is 105 Å². The Bertz CT molecular complexity index is 1190. The van der Waals surface area contributed by atoms with E-state index in [0.29, 0.717) is 17.9 Å². The van der Waals surface area contributed by atoms with Crippen molar-refractivity contribution in [3.63, 3.8) is 0 Å². The van der Waals surface area contributed by atoms with Gasteiger partial charge in [0.2, 0.25) is 0 Å². The molecule has 3 aromatic carbocycles. The molecule has 0 aliphatic heterocycles. The predicted octanol–water partition coefficient (Wildman–Crippen LogP) is 5.37. The third-order valence-corrected chi connectivity index (χ3v) is 4.50. The fourth-order valence-corrected chi connectivity index (χ4v) is 2.87. The number of hydrogen-bond acceptors (Lipinski definition) is 5. The summed E-state index contributed by atoms with van der Waals surface area (Å²) >= 11 is 5.77. The van der Waals surface area contributed by atoms with E-state index in [-0.39, 0.29) is 22.0 Å². The molecule has 154 valence electrons. The van der Waals surface area contributed by atoms with Crippen LogP contribution in [0.15, 0.2) is 78.4 Å². The molecular weight excluding hydrogens is 418 g/mol. The summed E-state index contributed by atoms with van der Waals surface area (Å²) in [4.78, 5) is 22.8. The van der Waals surface area contributed by atoms with Crippen LogP contribution in [0.4, 0.5) is 11.4 Å². The number of carbonyl (C=O) groups excluding carboxylic acids is 1. The van der Waals surface area contributed by atoms with Gasteiger partial charge in [0.15, 0.2) is 0 Å². The van der Waals surface area contributed by atoms with Crippen molar-refractivity contribution in [2.75, 3.05) is 5.32 Å². The van der Waals surface area contributed by atoms with E-state index >= 15 is 0 Å². The minimum atomic E-state index is -0.699. The van der Waals surface area contributed by atoms with Crippen LogP contribution in [0.5, 0.6) is 5.75 Å². The first-order valence-corrected chi connectivity index (χ1v) is 9.48. The molecule has 7 nitrogen and oxygen atoms in total. The second kappa shape index (κ2) is 10.1. The maximum atomic E-state index is 12.5. The molecule has 0 spiro atoms. The number of nitrogens with one attached hydrogen (secondary N) is 1. The Morgan fingerprint density at radius 3 is 2.61 bits per heavy atom. The van der Waals surface area contributed by atoms with Crippen LogP contribution >= 0.6 is 11.6 Å². The molecule has 1 amide bonds. The number of nitro groups is 1. The molecule has 0 aromatic heterocycles. The Balaban J connectivity index is 1.74. The summed E-state index contributed by atoms with van der Waals surface area (Å²) in [6, 6.07) is 22.3. The van der Waals surface area contributed by atoms with Gasteiger partial charge in [0, 0.05) is 11.8 Å².